The Morgan fingerprint density at radius 3 is 2.70 bits per heavy atom. The molecule has 0 aliphatic rings. The topological polar surface area (TPSA) is 72.2 Å². The third-order valence-corrected chi connectivity index (χ3v) is 3.61. The molecule has 0 saturated carbocycles. The van der Waals surface area contributed by atoms with Gasteiger partial charge in [0.15, 0.2) is 10.9 Å². The maximum atomic E-state index is 12.8. The Kier molecular flexibility index (Phi) is 4.19. The minimum absolute atomic E-state index is 0.0371. The van der Waals surface area contributed by atoms with Crippen LogP contribution in [0.2, 0.25) is 0 Å². The molecular formula is C13H11FN2O3S. The summed E-state index contributed by atoms with van der Waals surface area (Å²) in [6.07, 6.45) is 0. The molecule has 0 atom stereocenters. The normalized spacial score (nSPS) is 10.5. The van der Waals surface area contributed by atoms with Crippen molar-refractivity contribution in [3.05, 3.63) is 52.1 Å². The first kappa shape index (κ1) is 14.3. The molecule has 2 aromatic rings. The van der Waals surface area contributed by atoms with Gasteiger partial charge >= 0.3 is 0 Å². The second kappa shape index (κ2) is 5.87. The second-order valence-electron chi connectivity index (χ2n) is 4.01. The molecule has 1 aromatic heterocycles. The second-order valence-corrected chi connectivity index (χ2v) is 4.96. The number of halogens is 1. The summed E-state index contributed by atoms with van der Waals surface area (Å²) in [5.74, 6) is -0.973. The van der Waals surface area contributed by atoms with E-state index in [1.54, 1.807) is 0 Å². The average Bonchev–Trinajstić information content (AvgIpc) is 2.41. The van der Waals surface area contributed by atoms with Gasteiger partial charge in [-0.05, 0) is 24.3 Å². The van der Waals surface area contributed by atoms with E-state index in [1.165, 1.54) is 35.9 Å². The van der Waals surface area contributed by atoms with Crippen molar-refractivity contribution in [2.45, 2.75) is 5.16 Å². The van der Waals surface area contributed by atoms with E-state index in [0.717, 1.165) is 17.8 Å². The molecule has 104 valence electrons. The standard InChI is InChI=1S/C13H11FN2O3S/c1-16-12(19)6-11(18)15-13(16)20-7-10(17)8-2-4-9(14)5-3-8/h2-6,18H,7H2,1H3. The van der Waals surface area contributed by atoms with E-state index in [1.807, 2.05) is 0 Å². The van der Waals surface area contributed by atoms with Crippen LogP contribution in [0.4, 0.5) is 4.39 Å². The van der Waals surface area contributed by atoms with Crippen molar-refractivity contribution in [3.8, 4) is 5.88 Å². The molecule has 2 rings (SSSR count). The van der Waals surface area contributed by atoms with Crippen LogP contribution in [0.25, 0.3) is 0 Å². The van der Waals surface area contributed by atoms with Crippen LogP contribution in [0.15, 0.2) is 40.3 Å². The summed E-state index contributed by atoms with van der Waals surface area (Å²) in [6, 6.07) is 6.20. The van der Waals surface area contributed by atoms with Gasteiger partial charge in [0.25, 0.3) is 5.56 Å². The van der Waals surface area contributed by atoms with Crippen molar-refractivity contribution in [1.82, 2.24) is 9.55 Å². The van der Waals surface area contributed by atoms with Crippen molar-refractivity contribution in [2.24, 2.45) is 7.05 Å². The van der Waals surface area contributed by atoms with E-state index < -0.39 is 11.4 Å². The lowest BCUT2D eigenvalue weighted by Gasteiger charge is -2.06. The zero-order chi connectivity index (χ0) is 14.7. The number of hydrogen-bond acceptors (Lipinski definition) is 5. The van der Waals surface area contributed by atoms with Gasteiger partial charge in [-0.15, -0.1) is 0 Å². The summed E-state index contributed by atoms with van der Waals surface area (Å²) in [5, 5.41) is 9.51. The first-order valence-corrected chi connectivity index (χ1v) is 6.64. The zero-order valence-electron chi connectivity index (χ0n) is 10.5. The van der Waals surface area contributed by atoms with Crippen molar-refractivity contribution in [3.63, 3.8) is 0 Å². The van der Waals surface area contributed by atoms with Crippen LogP contribution in [-0.4, -0.2) is 26.2 Å². The van der Waals surface area contributed by atoms with Crippen LogP contribution < -0.4 is 5.56 Å². The van der Waals surface area contributed by atoms with E-state index >= 15 is 0 Å². The van der Waals surface area contributed by atoms with Crippen molar-refractivity contribution in [1.29, 1.82) is 0 Å². The number of nitrogens with zero attached hydrogens (tertiary/aromatic N) is 2. The Hall–Kier alpha value is -2.15. The molecule has 1 N–H and O–H groups in total. The Bertz CT molecular complexity index is 698. The van der Waals surface area contributed by atoms with Gasteiger partial charge in [0.05, 0.1) is 11.8 Å². The Labute approximate surface area is 118 Å². The van der Waals surface area contributed by atoms with E-state index in [0.29, 0.717) is 5.56 Å². The SMILES string of the molecule is Cn1c(SCC(=O)c2ccc(F)cc2)nc(O)cc1=O. The summed E-state index contributed by atoms with van der Waals surface area (Å²) in [6.45, 7) is 0. The Balaban J connectivity index is 2.11. The lowest BCUT2D eigenvalue weighted by atomic mass is 10.1. The number of rotatable bonds is 4. The van der Waals surface area contributed by atoms with Gasteiger partial charge in [-0.1, -0.05) is 11.8 Å². The molecule has 0 amide bonds. The fourth-order valence-electron chi connectivity index (χ4n) is 1.49. The third-order valence-electron chi connectivity index (χ3n) is 2.58. The molecule has 1 heterocycles. The molecular weight excluding hydrogens is 283 g/mol. The number of carbonyl (C=O) groups is 1. The zero-order valence-corrected chi connectivity index (χ0v) is 11.4. The lowest BCUT2D eigenvalue weighted by molar-refractivity contribution is 0.102. The fourth-order valence-corrected chi connectivity index (χ4v) is 2.35. The molecule has 20 heavy (non-hydrogen) atoms. The van der Waals surface area contributed by atoms with Crippen LogP contribution in [0.5, 0.6) is 5.88 Å². The van der Waals surface area contributed by atoms with Gasteiger partial charge in [-0.25, -0.2) is 4.39 Å². The summed E-state index contributed by atoms with van der Waals surface area (Å²) in [4.78, 5) is 27.1. The largest absolute Gasteiger partial charge is 0.493 e. The molecule has 0 aliphatic heterocycles. The van der Waals surface area contributed by atoms with E-state index in [-0.39, 0.29) is 22.6 Å². The molecule has 0 radical (unpaired) electrons. The average molecular weight is 294 g/mol. The van der Waals surface area contributed by atoms with Crippen LogP contribution in [0.3, 0.4) is 0 Å². The van der Waals surface area contributed by atoms with Crippen molar-refractivity contribution < 1.29 is 14.3 Å². The van der Waals surface area contributed by atoms with Crippen LogP contribution in [0.1, 0.15) is 10.4 Å². The van der Waals surface area contributed by atoms with Gasteiger partial charge in [0, 0.05) is 12.6 Å². The van der Waals surface area contributed by atoms with Crippen molar-refractivity contribution in [2.75, 3.05) is 5.75 Å². The number of aromatic hydroxyl groups is 1. The van der Waals surface area contributed by atoms with Gasteiger partial charge < -0.3 is 5.11 Å². The van der Waals surface area contributed by atoms with E-state index in [9.17, 15) is 19.1 Å². The molecule has 1 aromatic carbocycles. The highest BCUT2D eigenvalue weighted by Gasteiger charge is 2.10. The summed E-state index contributed by atoms with van der Waals surface area (Å²) >= 11 is 1.03. The third kappa shape index (κ3) is 3.24. The highest BCUT2D eigenvalue weighted by molar-refractivity contribution is 7.99. The molecule has 7 heteroatoms. The quantitative estimate of drug-likeness (QED) is 0.527. The summed E-state index contributed by atoms with van der Waals surface area (Å²) < 4.78 is 14.0. The number of hydrogen-bond donors (Lipinski definition) is 1. The molecule has 0 spiro atoms. The highest BCUT2D eigenvalue weighted by Crippen LogP contribution is 2.17. The molecule has 0 aliphatic carbocycles. The number of carbonyl (C=O) groups excluding carboxylic acids is 1. The number of Topliss-reactive ketones (excluding diaryl/α,β-unsaturated/α-hetero) is 1. The van der Waals surface area contributed by atoms with E-state index in [4.69, 9.17) is 0 Å². The van der Waals surface area contributed by atoms with Crippen LogP contribution in [-0.2, 0) is 7.05 Å². The number of aromatic nitrogens is 2. The minimum Gasteiger partial charge on any atom is -0.493 e. The molecule has 0 saturated heterocycles. The van der Waals surface area contributed by atoms with Gasteiger partial charge in [-0.2, -0.15) is 4.98 Å². The smallest absolute Gasteiger partial charge is 0.257 e. The molecule has 0 bridgehead atoms. The van der Waals surface area contributed by atoms with Gasteiger partial charge in [0.1, 0.15) is 5.82 Å². The Morgan fingerprint density at radius 1 is 1.40 bits per heavy atom. The Morgan fingerprint density at radius 2 is 2.05 bits per heavy atom. The highest BCUT2D eigenvalue weighted by atomic mass is 32.2. The summed E-state index contributed by atoms with van der Waals surface area (Å²) in [7, 11) is 1.50. The monoisotopic (exact) mass is 294 g/mol. The number of ketones is 1. The molecule has 0 unspecified atom stereocenters. The molecule has 0 fully saturated rings. The van der Waals surface area contributed by atoms with Gasteiger partial charge in [0.2, 0.25) is 5.88 Å². The van der Waals surface area contributed by atoms with Gasteiger partial charge in [-0.3, -0.25) is 14.2 Å². The first-order valence-electron chi connectivity index (χ1n) is 5.66. The number of thioether (sulfide) groups is 1. The van der Waals surface area contributed by atoms with Crippen molar-refractivity contribution >= 4 is 17.5 Å². The van der Waals surface area contributed by atoms with Crippen LogP contribution >= 0.6 is 11.8 Å². The lowest BCUT2D eigenvalue weighted by Crippen LogP contribution is -2.18. The van der Waals surface area contributed by atoms with E-state index in [2.05, 4.69) is 4.98 Å². The maximum Gasteiger partial charge on any atom is 0.257 e. The fraction of sp³-hybridized carbons (Fsp3) is 0.154. The van der Waals surface area contributed by atoms with Crippen LogP contribution in [0, 0.1) is 5.82 Å². The minimum atomic E-state index is -0.411. The predicted octanol–water partition coefficient (Wildman–Crippen LogP) is 1.60. The molecule has 5 nitrogen and oxygen atoms in total. The number of benzene rings is 1. The first-order chi connectivity index (χ1) is 9.47. The summed E-state index contributed by atoms with van der Waals surface area (Å²) in [5.41, 5.74) is -0.0294. The maximum absolute atomic E-state index is 12.8. The predicted molar refractivity (Wildman–Crippen MR) is 72.6 cm³/mol.